The number of fused-ring (bicyclic) bond motifs is 1. The van der Waals surface area contributed by atoms with E-state index in [4.69, 9.17) is 9.15 Å². The van der Waals surface area contributed by atoms with Crippen molar-refractivity contribution in [2.45, 2.75) is 38.7 Å². The second kappa shape index (κ2) is 6.15. The number of carbonyl (C=O) groups is 1. The average molecular weight is 316 g/mol. The van der Waals surface area contributed by atoms with Gasteiger partial charge in [-0.05, 0) is 6.92 Å². The smallest absolute Gasteiger partial charge is 0.240 e. The highest BCUT2D eigenvalue weighted by molar-refractivity contribution is 7.92. The van der Waals surface area contributed by atoms with E-state index in [1.54, 1.807) is 14.0 Å². The van der Waals surface area contributed by atoms with Crippen LogP contribution in [-0.2, 0) is 38.9 Å². The van der Waals surface area contributed by atoms with Crippen LogP contribution in [0.15, 0.2) is 4.42 Å². The van der Waals surface area contributed by atoms with E-state index in [9.17, 15) is 13.2 Å². The van der Waals surface area contributed by atoms with Crippen molar-refractivity contribution in [2.24, 2.45) is 0 Å². The molecule has 1 aromatic heterocycles. The lowest BCUT2D eigenvalue weighted by molar-refractivity contribution is -0.131. The Kier molecular flexibility index (Phi) is 4.67. The quantitative estimate of drug-likeness (QED) is 0.787. The van der Waals surface area contributed by atoms with Gasteiger partial charge < -0.3 is 14.1 Å². The molecule has 1 unspecified atom stereocenters. The Hall–Kier alpha value is -1.41. The maximum atomic E-state index is 12.3. The van der Waals surface area contributed by atoms with E-state index in [1.165, 1.54) is 11.8 Å². The molecule has 0 radical (unpaired) electrons. The Balaban J connectivity index is 2.12. The molecule has 1 aliphatic heterocycles. The summed E-state index contributed by atoms with van der Waals surface area (Å²) in [6.07, 6.45) is 0.538. The van der Waals surface area contributed by atoms with E-state index in [2.05, 4.69) is 4.98 Å². The van der Waals surface area contributed by atoms with Crippen molar-refractivity contribution in [3.05, 3.63) is 17.3 Å². The van der Waals surface area contributed by atoms with Crippen LogP contribution in [0.2, 0.25) is 0 Å². The maximum Gasteiger partial charge on any atom is 0.240 e. The van der Waals surface area contributed by atoms with E-state index >= 15 is 0 Å². The number of hydrogen-bond acceptors (Lipinski definition) is 6. The summed E-state index contributed by atoms with van der Waals surface area (Å²) in [6, 6.07) is 0. The second-order valence-corrected chi connectivity index (χ2v) is 7.62. The summed E-state index contributed by atoms with van der Waals surface area (Å²) in [6.45, 7) is 3.99. The molecule has 21 heavy (non-hydrogen) atoms. The maximum absolute atomic E-state index is 12.3. The van der Waals surface area contributed by atoms with Crippen molar-refractivity contribution < 1.29 is 22.4 Å². The van der Waals surface area contributed by atoms with Crippen LogP contribution in [0.3, 0.4) is 0 Å². The third-order valence-electron chi connectivity index (χ3n) is 3.64. The molecule has 1 amide bonds. The van der Waals surface area contributed by atoms with Crippen molar-refractivity contribution in [3.63, 3.8) is 0 Å². The Morgan fingerprint density at radius 2 is 2.24 bits per heavy atom. The number of sulfone groups is 1. The number of amides is 1. The molecule has 7 nitrogen and oxygen atoms in total. The van der Waals surface area contributed by atoms with Gasteiger partial charge in [0.25, 0.3) is 0 Å². The van der Waals surface area contributed by atoms with Gasteiger partial charge in [0.15, 0.2) is 9.84 Å². The van der Waals surface area contributed by atoms with Gasteiger partial charge in [-0.3, -0.25) is 4.79 Å². The highest BCUT2D eigenvalue weighted by atomic mass is 32.2. The Morgan fingerprint density at radius 1 is 1.52 bits per heavy atom. The van der Waals surface area contributed by atoms with Gasteiger partial charge in [-0.1, -0.05) is 6.92 Å². The predicted octanol–water partition coefficient (Wildman–Crippen LogP) is 0.529. The normalized spacial score (nSPS) is 16.6. The van der Waals surface area contributed by atoms with Crippen molar-refractivity contribution in [1.82, 2.24) is 9.88 Å². The van der Waals surface area contributed by atoms with Crippen molar-refractivity contribution in [3.8, 4) is 0 Å². The summed E-state index contributed by atoms with van der Waals surface area (Å²) in [5.74, 6) is 0.808. The van der Waals surface area contributed by atoms with Gasteiger partial charge in [-0.25, -0.2) is 13.4 Å². The minimum absolute atomic E-state index is 0.0407. The third kappa shape index (κ3) is 3.26. The molecule has 0 fully saturated rings. The summed E-state index contributed by atoms with van der Waals surface area (Å²) in [5, 5.41) is -1.02. The van der Waals surface area contributed by atoms with Crippen molar-refractivity contribution in [1.29, 1.82) is 0 Å². The summed E-state index contributed by atoms with van der Waals surface area (Å²) >= 11 is 0. The monoisotopic (exact) mass is 316 g/mol. The molecule has 1 atom stereocenters. The molecule has 0 aromatic carbocycles. The summed E-state index contributed by atoms with van der Waals surface area (Å²) in [4.78, 5) is 18.1. The molecule has 0 aliphatic carbocycles. The van der Waals surface area contributed by atoms with Crippen LogP contribution >= 0.6 is 0 Å². The average Bonchev–Trinajstić information content (AvgIpc) is 2.87. The highest BCUT2D eigenvalue weighted by Gasteiger charge is 2.33. The van der Waals surface area contributed by atoms with Gasteiger partial charge in [0.2, 0.25) is 11.8 Å². The lowest BCUT2D eigenvalue weighted by Gasteiger charge is -2.27. The third-order valence-corrected chi connectivity index (χ3v) is 5.72. The molecular weight excluding hydrogens is 296 g/mol. The first-order valence-corrected chi connectivity index (χ1v) is 8.57. The summed E-state index contributed by atoms with van der Waals surface area (Å²) in [7, 11) is -1.83. The van der Waals surface area contributed by atoms with E-state index in [-0.39, 0.29) is 24.8 Å². The molecule has 1 aliphatic rings. The molecule has 0 N–H and O–H groups in total. The van der Waals surface area contributed by atoms with E-state index in [0.29, 0.717) is 24.6 Å². The number of methoxy groups -OCH3 is 1. The molecule has 118 valence electrons. The van der Waals surface area contributed by atoms with Crippen LogP contribution in [0.1, 0.15) is 31.2 Å². The van der Waals surface area contributed by atoms with Crippen LogP contribution in [0.4, 0.5) is 0 Å². The number of rotatable bonds is 5. The fourth-order valence-electron chi connectivity index (χ4n) is 2.29. The van der Waals surface area contributed by atoms with Crippen LogP contribution in [0.25, 0.3) is 0 Å². The molecule has 0 bridgehead atoms. The highest BCUT2D eigenvalue weighted by Crippen LogP contribution is 2.21. The van der Waals surface area contributed by atoms with Gasteiger partial charge in [0, 0.05) is 25.8 Å². The largest absolute Gasteiger partial charge is 0.443 e. The first kappa shape index (κ1) is 16.0. The molecule has 2 rings (SSSR count). The standard InChI is InChI=1S/C13H20N2O5S/c1-4-21(17,18)9(2)13(16)15-6-5-11-10(7-15)14-12(20-11)8-19-3/h9H,4-8H2,1-3H3. The topological polar surface area (TPSA) is 89.7 Å². The van der Waals surface area contributed by atoms with E-state index < -0.39 is 15.1 Å². The first-order chi connectivity index (χ1) is 9.89. The predicted molar refractivity (Wildman–Crippen MR) is 75.3 cm³/mol. The fourth-order valence-corrected chi connectivity index (χ4v) is 3.24. The van der Waals surface area contributed by atoms with Crippen LogP contribution < -0.4 is 0 Å². The Labute approximate surface area is 124 Å². The number of aromatic nitrogens is 1. The second-order valence-electron chi connectivity index (χ2n) is 5.01. The van der Waals surface area contributed by atoms with E-state index in [1.807, 2.05) is 0 Å². The van der Waals surface area contributed by atoms with Crippen molar-refractivity contribution >= 4 is 15.7 Å². The molecular formula is C13H20N2O5S. The first-order valence-electron chi connectivity index (χ1n) is 6.85. The van der Waals surface area contributed by atoms with Crippen LogP contribution in [0.5, 0.6) is 0 Å². The van der Waals surface area contributed by atoms with Gasteiger partial charge >= 0.3 is 0 Å². The minimum atomic E-state index is -3.38. The molecule has 0 saturated carbocycles. The molecule has 1 aromatic rings. The SMILES string of the molecule is CCS(=O)(=O)C(C)C(=O)N1CCc2oc(COC)nc2C1. The summed E-state index contributed by atoms with van der Waals surface area (Å²) in [5.41, 5.74) is 0.683. The van der Waals surface area contributed by atoms with Crippen molar-refractivity contribution in [2.75, 3.05) is 19.4 Å². The zero-order valence-electron chi connectivity index (χ0n) is 12.5. The molecule has 2 heterocycles. The van der Waals surface area contributed by atoms with Gasteiger partial charge in [0.1, 0.15) is 23.3 Å². The lowest BCUT2D eigenvalue weighted by Crippen LogP contribution is -2.44. The molecule has 0 saturated heterocycles. The number of nitrogens with zero attached hydrogens (tertiary/aromatic N) is 2. The number of hydrogen-bond donors (Lipinski definition) is 0. The van der Waals surface area contributed by atoms with Gasteiger partial charge in [-0.2, -0.15) is 0 Å². The number of ether oxygens (including phenoxy) is 1. The lowest BCUT2D eigenvalue weighted by atomic mass is 10.1. The number of carbonyl (C=O) groups excluding carboxylic acids is 1. The molecule has 0 spiro atoms. The number of oxazole rings is 1. The molecule has 8 heteroatoms. The Bertz CT molecular complexity index is 623. The van der Waals surface area contributed by atoms with Crippen LogP contribution in [0, 0.1) is 0 Å². The summed E-state index contributed by atoms with van der Waals surface area (Å²) < 4.78 is 34.1. The zero-order chi connectivity index (χ0) is 15.6. The zero-order valence-corrected chi connectivity index (χ0v) is 13.3. The van der Waals surface area contributed by atoms with E-state index in [0.717, 1.165) is 5.76 Å². The Morgan fingerprint density at radius 3 is 2.86 bits per heavy atom. The van der Waals surface area contributed by atoms with Gasteiger partial charge in [-0.15, -0.1) is 0 Å². The van der Waals surface area contributed by atoms with Crippen LogP contribution in [-0.4, -0.2) is 48.9 Å². The minimum Gasteiger partial charge on any atom is -0.443 e. The van der Waals surface area contributed by atoms with Gasteiger partial charge in [0.05, 0.1) is 6.54 Å². The fraction of sp³-hybridized carbons (Fsp3) is 0.692.